The molecule has 1 rings (SSSR count). The molecular weight excluding hydrogens is 280 g/mol. The predicted octanol–water partition coefficient (Wildman–Crippen LogP) is 3.13. The van der Waals surface area contributed by atoms with Gasteiger partial charge in [-0.15, -0.1) is 0 Å². The number of nitrogens with one attached hydrogen (secondary N) is 1. The minimum atomic E-state index is -1.07. The number of carbonyl (C=O) groups excluding carboxylic acids is 1. The second-order valence-electron chi connectivity index (χ2n) is 4.60. The molecule has 1 unspecified atom stereocenters. The SMILES string of the molecule is CCCC(C)NC(=O)N(CC(=O)O)c1ccc(Cl)cc1. The summed E-state index contributed by atoms with van der Waals surface area (Å²) >= 11 is 5.79. The zero-order valence-corrected chi connectivity index (χ0v) is 12.4. The summed E-state index contributed by atoms with van der Waals surface area (Å²) in [5, 5.41) is 12.3. The van der Waals surface area contributed by atoms with Crippen LogP contribution in [0.4, 0.5) is 10.5 Å². The van der Waals surface area contributed by atoms with Crippen LogP contribution in [0.2, 0.25) is 5.02 Å². The Bertz CT molecular complexity index is 462. The van der Waals surface area contributed by atoms with Crippen molar-refractivity contribution in [3.05, 3.63) is 29.3 Å². The molecule has 0 aliphatic carbocycles. The molecule has 0 saturated carbocycles. The minimum absolute atomic E-state index is 0.00362. The smallest absolute Gasteiger partial charge is 0.323 e. The number of hydrogen-bond acceptors (Lipinski definition) is 2. The maximum atomic E-state index is 12.2. The van der Waals surface area contributed by atoms with Crippen LogP contribution >= 0.6 is 11.6 Å². The van der Waals surface area contributed by atoms with Crippen LogP contribution in [0.1, 0.15) is 26.7 Å². The molecule has 0 spiro atoms. The lowest BCUT2D eigenvalue weighted by Gasteiger charge is -2.23. The molecule has 6 heteroatoms. The number of halogens is 1. The number of anilines is 1. The van der Waals surface area contributed by atoms with Crippen molar-refractivity contribution in [2.45, 2.75) is 32.7 Å². The number of aliphatic carboxylic acids is 1. The molecule has 0 bridgehead atoms. The second-order valence-corrected chi connectivity index (χ2v) is 5.03. The number of carbonyl (C=O) groups is 2. The van der Waals surface area contributed by atoms with Crippen LogP contribution < -0.4 is 10.2 Å². The number of carboxylic acids is 1. The summed E-state index contributed by atoms with van der Waals surface area (Å²) in [5.41, 5.74) is 0.498. The van der Waals surface area contributed by atoms with E-state index < -0.39 is 18.5 Å². The van der Waals surface area contributed by atoms with Gasteiger partial charge in [0, 0.05) is 16.8 Å². The standard InChI is InChI=1S/C14H19ClN2O3/c1-3-4-10(2)16-14(20)17(9-13(18)19)12-7-5-11(15)6-8-12/h5-8,10H,3-4,9H2,1-2H3,(H,16,20)(H,18,19). The average Bonchev–Trinajstić information content (AvgIpc) is 2.37. The molecule has 1 aromatic rings. The molecule has 0 heterocycles. The van der Waals surface area contributed by atoms with Crippen LogP contribution in [0.25, 0.3) is 0 Å². The van der Waals surface area contributed by atoms with Gasteiger partial charge >= 0.3 is 12.0 Å². The fourth-order valence-corrected chi connectivity index (χ4v) is 1.96. The van der Waals surface area contributed by atoms with Crippen molar-refractivity contribution < 1.29 is 14.7 Å². The molecule has 0 saturated heterocycles. The van der Waals surface area contributed by atoms with Crippen molar-refractivity contribution >= 4 is 29.3 Å². The lowest BCUT2D eigenvalue weighted by atomic mass is 10.2. The van der Waals surface area contributed by atoms with E-state index in [1.165, 1.54) is 4.90 Å². The zero-order valence-electron chi connectivity index (χ0n) is 11.6. The molecule has 5 nitrogen and oxygen atoms in total. The Morgan fingerprint density at radius 2 is 1.95 bits per heavy atom. The van der Waals surface area contributed by atoms with Crippen molar-refractivity contribution in [2.75, 3.05) is 11.4 Å². The molecule has 0 aliphatic rings. The quantitative estimate of drug-likeness (QED) is 0.847. The summed E-state index contributed by atoms with van der Waals surface area (Å²) in [6, 6.07) is 6.06. The van der Waals surface area contributed by atoms with Gasteiger partial charge in [-0.05, 0) is 37.6 Å². The van der Waals surface area contributed by atoms with E-state index in [1.54, 1.807) is 24.3 Å². The van der Waals surface area contributed by atoms with E-state index in [0.29, 0.717) is 10.7 Å². The second kappa shape index (κ2) is 7.75. The van der Waals surface area contributed by atoms with Crippen molar-refractivity contribution in [1.29, 1.82) is 0 Å². The van der Waals surface area contributed by atoms with Gasteiger partial charge in [-0.3, -0.25) is 9.69 Å². The normalized spacial score (nSPS) is 11.8. The van der Waals surface area contributed by atoms with Gasteiger partial charge in [0.25, 0.3) is 0 Å². The maximum Gasteiger partial charge on any atom is 0.323 e. The van der Waals surface area contributed by atoms with Gasteiger partial charge in [0.05, 0.1) is 0 Å². The third kappa shape index (κ3) is 5.09. The highest BCUT2D eigenvalue weighted by Gasteiger charge is 2.20. The summed E-state index contributed by atoms with van der Waals surface area (Å²) in [4.78, 5) is 24.3. The third-order valence-electron chi connectivity index (χ3n) is 2.77. The van der Waals surface area contributed by atoms with Gasteiger partial charge in [0.2, 0.25) is 0 Å². The number of hydrogen-bond donors (Lipinski definition) is 2. The van der Waals surface area contributed by atoms with Gasteiger partial charge in [-0.1, -0.05) is 24.9 Å². The molecular formula is C14H19ClN2O3. The van der Waals surface area contributed by atoms with Crippen molar-refractivity contribution in [2.24, 2.45) is 0 Å². The van der Waals surface area contributed by atoms with E-state index in [9.17, 15) is 9.59 Å². The van der Waals surface area contributed by atoms with Gasteiger partial charge in [0.15, 0.2) is 0 Å². The minimum Gasteiger partial charge on any atom is -0.480 e. The lowest BCUT2D eigenvalue weighted by molar-refractivity contribution is -0.135. The summed E-state index contributed by atoms with van der Waals surface area (Å²) in [5.74, 6) is -1.07. The molecule has 0 fully saturated rings. The van der Waals surface area contributed by atoms with Crippen LogP contribution in [0, 0.1) is 0 Å². The molecule has 0 radical (unpaired) electrons. The fourth-order valence-electron chi connectivity index (χ4n) is 1.83. The summed E-state index contributed by atoms with van der Waals surface area (Å²) in [6.45, 7) is 3.52. The molecule has 0 aliphatic heterocycles. The first-order valence-electron chi connectivity index (χ1n) is 6.49. The number of carboxylic acid groups (broad SMARTS) is 1. The highest BCUT2D eigenvalue weighted by molar-refractivity contribution is 6.30. The maximum absolute atomic E-state index is 12.2. The largest absolute Gasteiger partial charge is 0.480 e. The highest BCUT2D eigenvalue weighted by atomic mass is 35.5. The Morgan fingerprint density at radius 1 is 1.35 bits per heavy atom. The Labute approximate surface area is 123 Å². The lowest BCUT2D eigenvalue weighted by Crippen LogP contribution is -2.46. The van der Waals surface area contributed by atoms with Crippen molar-refractivity contribution in [3.8, 4) is 0 Å². The Morgan fingerprint density at radius 3 is 2.45 bits per heavy atom. The topological polar surface area (TPSA) is 69.6 Å². The van der Waals surface area contributed by atoms with Crippen LogP contribution in [0.3, 0.4) is 0 Å². The third-order valence-corrected chi connectivity index (χ3v) is 3.02. The van der Waals surface area contributed by atoms with E-state index in [2.05, 4.69) is 5.32 Å². The van der Waals surface area contributed by atoms with Gasteiger partial charge in [-0.2, -0.15) is 0 Å². The summed E-state index contributed by atoms with van der Waals surface area (Å²) < 4.78 is 0. The highest BCUT2D eigenvalue weighted by Crippen LogP contribution is 2.18. The van der Waals surface area contributed by atoms with Crippen LogP contribution in [0.15, 0.2) is 24.3 Å². The number of benzene rings is 1. The fraction of sp³-hybridized carbons (Fsp3) is 0.429. The Balaban J connectivity index is 2.85. The van der Waals surface area contributed by atoms with Crippen molar-refractivity contribution in [3.63, 3.8) is 0 Å². The Kier molecular flexibility index (Phi) is 6.31. The first-order chi connectivity index (χ1) is 9.43. The van der Waals surface area contributed by atoms with E-state index in [4.69, 9.17) is 16.7 Å². The monoisotopic (exact) mass is 298 g/mol. The molecule has 1 atom stereocenters. The summed E-state index contributed by atoms with van der Waals surface area (Å²) in [7, 11) is 0. The molecule has 2 N–H and O–H groups in total. The molecule has 1 aromatic carbocycles. The van der Waals surface area contributed by atoms with Gasteiger partial charge in [0.1, 0.15) is 6.54 Å². The van der Waals surface area contributed by atoms with Gasteiger partial charge in [-0.25, -0.2) is 4.79 Å². The predicted molar refractivity (Wildman–Crippen MR) is 79.3 cm³/mol. The first-order valence-corrected chi connectivity index (χ1v) is 6.87. The number of nitrogens with zero attached hydrogens (tertiary/aromatic N) is 1. The van der Waals surface area contributed by atoms with Crippen LogP contribution in [-0.4, -0.2) is 29.7 Å². The zero-order chi connectivity index (χ0) is 15.1. The van der Waals surface area contributed by atoms with Crippen LogP contribution in [0.5, 0.6) is 0 Å². The van der Waals surface area contributed by atoms with E-state index in [0.717, 1.165) is 12.8 Å². The van der Waals surface area contributed by atoms with Gasteiger partial charge < -0.3 is 10.4 Å². The number of urea groups is 1. The van der Waals surface area contributed by atoms with E-state index in [-0.39, 0.29) is 6.04 Å². The molecule has 110 valence electrons. The number of rotatable bonds is 6. The molecule has 20 heavy (non-hydrogen) atoms. The van der Waals surface area contributed by atoms with Crippen LogP contribution in [-0.2, 0) is 4.79 Å². The average molecular weight is 299 g/mol. The van der Waals surface area contributed by atoms with Crippen molar-refractivity contribution in [1.82, 2.24) is 5.32 Å². The van der Waals surface area contributed by atoms with E-state index >= 15 is 0 Å². The summed E-state index contributed by atoms with van der Waals surface area (Å²) in [6.07, 6.45) is 1.79. The molecule has 2 amide bonds. The Hall–Kier alpha value is -1.75. The number of amides is 2. The van der Waals surface area contributed by atoms with E-state index in [1.807, 2.05) is 13.8 Å². The first kappa shape index (κ1) is 16.3. The molecule has 0 aromatic heterocycles.